The molecular weight excluding hydrogens is 984 g/mol. The van der Waals surface area contributed by atoms with Crippen LogP contribution in [0, 0.1) is 0 Å². The maximum Gasteiger partial charge on any atom is 0.297 e. The molecule has 1 aromatic heterocycles. The number of phenols is 1. The molecule has 7 aromatic rings. The molecule has 0 saturated heterocycles. The van der Waals surface area contributed by atoms with Crippen molar-refractivity contribution in [2.24, 2.45) is 10.2 Å². The average molecular weight is 1010 g/mol. The number of nitrogens with one attached hydrogen (secondary N) is 2. The summed E-state index contributed by atoms with van der Waals surface area (Å²) in [6.45, 7) is 0. The summed E-state index contributed by atoms with van der Waals surface area (Å²) in [5.41, 5.74) is 3.35. The number of anilines is 5. The Morgan fingerprint density at radius 1 is 0.523 bits per heavy atom. The van der Waals surface area contributed by atoms with Crippen molar-refractivity contribution in [2.75, 3.05) is 16.4 Å². The van der Waals surface area contributed by atoms with Crippen LogP contribution in [0.15, 0.2) is 126 Å². The van der Waals surface area contributed by atoms with Gasteiger partial charge in [0, 0.05) is 44.3 Å². The van der Waals surface area contributed by atoms with E-state index in [1.807, 2.05) is 0 Å². The van der Waals surface area contributed by atoms with Crippen molar-refractivity contribution in [1.29, 1.82) is 0 Å². The van der Waals surface area contributed by atoms with Crippen molar-refractivity contribution < 1.29 is 70.0 Å². The Kier molecular flexibility index (Phi) is 11.8. The molecule has 0 radical (unpaired) electrons. The van der Waals surface area contributed by atoms with E-state index in [0.29, 0.717) is 0 Å². The number of fused-ring (bicyclic) bond motifs is 2. The summed E-state index contributed by atoms with van der Waals surface area (Å²) in [6.07, 6.45) is 0. The molecule has 0 fully saturated rings. The van der Waals surface area contributed by atoms with E-state index in [9.17, 15) is 70.0 Å². The molecule has 65 heavy (non-hydrogen) atoms. The first-order chi connectivity index (χ1) is 30.1. The van der Waals surface area contributed by atoms with Gasteiger partial charge in [-0.05, 0) is 77.7 Å². The van der Waals surface area contributed by atoms with Crippen molar-refractivity contribution in [3.63, 3.8) is 0 Å². The maximum absolute atomic E-state index is 12.6. The Balaban J connectivity index is 1.23. The molecule has 338 valence electrons. The third-order valence-corrected chi connectivity index (χ3v) is 13.7. The number of benzene rings is 6. The fourth-order valence-electron chi connectivity index (χ4n) is 6.42. The summed E-state index contributed by atoms with van der Waals surface area (Å²) in [7, 11) is -25.4. The SMILES string of the molecule is Nc1ccc(-c2ccc(Nc3nc(Cl)nc(Nc4ccc5c(O)c(N=Nc6ccc7c(S(=O)(=O)O)cccc7c6S(=O)(=O)O)c(S(=O)(=O)O)cc5c4)n3)cc2S(=O)(=O)O)c(S(=O)(=O)O)c1. The molecule has 0 aliphatic heterocycles. The number of halogens is 1. The minimum atomic E-state index is -5.25. The lowest BCUT2D eigenvalue weighted by Gasteiger charge is -2.14. The van der Waals surface area contributed by atoms with E-state index >= 15 is 0 Å². The Labute approximate surface area is 371 Å². The quantitative estimate of drug-likeness (QED) is 0.0389. The van der Waals surface area contributed by atoms with Crippen LogP contribution < -0.4 is 16.4 Å². The van der Waals surface area contributed by atoms with Crippen LogP contribution in [-0.4, -0.2) is 84.9 Å². The number of phenolic OH excluding ortho intramolecular Hbond substituents is 1. The van der Waals surface area contributed by atoms with Gasteiger partial charge in [0.1, 0.15) is 35.9 Å². The Morgan fingerprint density at radius 2 is 1.06 bits per heavy atom. The van der Waals surface area contributed by atoms with E-state index < -0.39 is 103 Å². The number of rotatable bonds is 12. The van der Waals surface area contributed by atoms with E-state index in [2.05, 4.69) is 35.8 Å². The normalized spacial score (nSPS) is 12.8. The number of hydrogen-bond donors (Lipinski definition) is 9. The number of azo groups is 1. The smallest absolute Gasteiger partial charge is 0.297 e. The van der Waals surface area contributed by atoms with E-state index in [0.717, 1.165) is 60.7 Å². The third kappa shape index (κ3) is 9.79. The highest BCUT2D eigenvalue weighted by Crippen LogP contribution is 2.44. The molecule has 0 spiro atoms. The second kappa shape index (κ2) is 16.5. The van der Waals surface area contributed by atoms with Gasteiger partial charge in [-0.3, -0.25) is 22.8 Å². The summed E-state index contributed by atoms with van der Waals surface area (Å²) in [4.78, 5) is 7.71. The highest BCUT2D eigenvalue weighted by Gasteiger charge is 2.27. The Hall–Kier alpha value is -6.51. The average Bonchev–Trinajstić information content (AvgIpc) is 3.18. The van der Waals surface area contributed by atoms with Crippen molar-refractivity contribution in [1.82, 2.24) is 15.0 Å². The maximum atomic E-state index is 12.6. The van der Waals surface area contributed by atoms with Crippen LogP contribution in [0.3, 0.4) is 0 Å². The van der Waals surface area contributed by atoms with Crippen LogP contribution in [0.5, 0.6) is 5.75 Å². The van der Waals surface area contributed by atoms with Gasteiger partial charge in [-0.1, -0.05) is 30.3 Å². The van der Waals surface area contributed by atoms with Gasteiger partial charge in [-0.15, -0.1) is 10.2 Å². The molecule has 1 heterocycles. The van der Waals surface area contributed by atoms with E-state index in [1.54, 1.807) is 0 Å². The molecule has 0 saturated carbocycles. The van der Waals surface area contributed by atoms with E-state index in [1.165, 1.54) is 30.3 Å². The van der Waals surface area contributed by atoms with Crippen LogP contribution in [0.1, 0.15) is 0 Å². The van der Waals surface area contributed by atoms with Gasteiger partial charge in [0.25, 0.3) is 50.6 Å². The van der Waals surface area contributed by atoms with Crippen LogP contribution >= 0.6 is 11.6 Å². The predicted molar refractivity (Wildman–Crippen MR) is 231 cm³/mol. The molecule has 0 aliphatic carbocycles. The number of aromatic hydroxyl groups is 1. The second-order valence-electron chi connectivity index (χ2n) is 13.3. The van der Waals surface area contributed by atoms with Gasteiger partial charge in [-0.25, -0.2) is 0 Å². The summed E-state index contributed by atoms with van der Waals surface area (Å²) in [6, 6.07) is 16.2. The molecule has 6 aromatic carbocycles. The van der Waals surface area contributed by atoms with Gasteiger partial charge in [0.2, 0.25) is 17.2 Å². The molecular formula is C35H25ClN8O16S5. The Morgan fingerprint density at radius 3 is 1.65 bits per heavy atom. The van der Waals surface area contributed by atoms with Crippen molar-refractivity contribution >= 4 is 124 Å². The van der Waals surface area contributed by atoms with Crippen LogP contribution in [0.2, 0.25) is 5.28 Å². The summed E-state index contributed by atoms with van der Waals surface area (Å²) in [5.74, 6) is -1.50. The van der Waals surface area contributed by atoms with Crippen LogP contribution in [-0.2, 0) is 50.6 Å². The van der Waals surface area contributed by atoms with Gasteiger partial charge in [0.05, 0.1) is 0 Å². The molecule has 24 nitrogen and oxygen atoms in total. The highest BCUT2D eigenvalue weighted by atomic mass is 35.5. The van der Waals surface area contributed by atoms with Gasteiger partial charge < -0.3 is 21.5 Å². The van der Waals surface area contributed by atoms with Crippen molar-refractivity contribution in [2.45, 2.75) is 24.5 Å². The molecule has 0 amide bonds. The lowest BCUT2D eigenvalue weighted by molar-refractivity contribution is 0.472. The molecule has 10 N–H and O–H groups in total. The lowest BCUT2D eigenvalue weighted by atomic mass is 10.0. The van der Waals surface area contributed by atoms with E-state index in [4.69, 9.17) is 17.3 Å². The number of nitrogens with two attached hydrogens (primary N) is 1. The van der Waals surface area contributed by atoms with Crippen molar-refractivity contribution in [3.05, 3.63) is 96.3 Å². The monoisotopic (exact) mass is 1010 g/mol. The lowest BCUT2D eigenvalue weighted by Crippen LogP contribution is -2.07. The zero-order chi connectivity index (χ0) is 47.6. The molecule has 0 bridgehead atoms. The second-order valence-corrected chi connectivity index (χ2v) is 20.6. The summed E-state index contributed by atoms with van der Waals surface area (Å²) < 4.78 is 173. The fraction of sp³-hybridized carbons (Fsp3) is 0. The minimum Gasteiger partial charge on any atom is -0.505 e. The van der Waals surface area contributed by atoms with Gasteiger partial charge >= 0.3 is 0 Å². The number of aromatic nitrogens is 3. The topological polar surface area (TPSA) is 406 Å². The molecule has 0 aliphatic rings. The predicted octanol–water partition coefficient (Wildman–Crippen LogP) is 5.92. The minimum absolute atomic E-state index is 0.0734. The Bertz CT molecular complexity index is 3810. The van der Waals surface area contributed by atoms with Gasteiger partial charge in [0.15, 0.2) is 5.75 Å². The zero-order valence-electron chi connectivity index (χ0n) is 31.7. The zero-order valence-corrected chi connectivity index (χ0v) is 36.5. The van der Waals surface area contributed by atoms with Gasteiger partial charge in [-0.2, -0.15) is 57.0 Å². The fourth-order valence-corrected chi connectivity index (χ4v) is 10.2. The number of hydrogen-bond acceptors (Lipinski definition) is 19. The van der Waals surface area contributed by atoms with Crippen LogP contribution in [0.4, 0.5) is 40.3 Å². The number of nitrogen functional groups attached to an aromatic ring is 1. The number of nitrogens with zero attached hydrogens (tertiary/aromatic N) is 5. The third-order valence-electron chi connectivity index (χ3n) is 9.03. The summed E-state index contributed by atoms with van der Waals surface area (Å²) >= 11 is 6.13. The van der Waals surface area contributed by atoms with E-state index in [-0.39, 0.29) is 56.2 Å². The molecule has 0 unspecified atom stereocenters. The first-order valence-corrected chi connectivity index (χ1v) is 24.8. The molecule has 0 atom stereocenters. The first-order valence-electron chi connectivity index (χ1n) is 17.2. The highest BCUT2D eigenvalue weighted by molar-refractivity contribution is 7.87. The largest absolute Gasteiger partial charge is 0.505 e. The first kappa shape index (κ1) is 46.5. The summed E-state index contributed by atoms with van der Waals surface area (Å²) in [5, 5.41) is 22.6. The van der Waals surface area contributed by atoms with Crippen molar-refractivity contribution in [3.8, 4) is 16.9 Å². The van der Waals surface area contributed by atoms with Crippen LogP contribution in [0.25, 0.3) is 32.7 Å². The standard InChI is InChI=1S/C35H25ClN8O16S5/c36-33-40-34(42-35(41-33)39-19-6-9-22(28(15-19)63(52,53)54)21-7-4-17(37)14-27(21)62(49,50)51)38-18-5-8-20-16(12-18)13-29(64(55,56)57)30(31(20)45)44-43-25-11-10-23-24(32(25)65(58,59)60)2-1-3-26(23)61(46,47)48/h1-15,45H,37H2,(H,46,47,48)(H,49,50,51)(H,52,53,54)(H,55,56,57)(H,58,59,60)(H2,38,39,40,41,42). The molecule has 30 heteroatoms. The molecule has 7 rings (SSSR count).